The van der Waals surface area contributed by atoms with Crippen LogP contribution in [0.1, 0.15) is 225 Å². The van der Waals surface area contributed by atoms with Crippen LogP contribution >= 0.6 is 0 Å². The summed E-state index contributed by atoms with van der Waals surface area (Å²) in [5.74, 6) is 7.55. The van der Waals surface area contributed by atoms with Gasteiger partial charge in [0.1, 0.15) is 40.7 Å². The SMILES string of the molecule is CCOC(=O)c1cccc(Nc2nc(NC(C)(C)C)ncc2C)c1C.COc1cc(C)cc(Nc2nc(NC(C)(C)C)ncc2C)c1.Cc1cccc(NC(=O)Nc2cccc(Nc3nc(NC(C)(C)C)ncc3C)c2)c1.Cc1cnc(NC(C)(C)C)nc1Nc1ccc(C)c2[nH]ccc12.Cc1cnc(NC(C)(C)C)nc1Nc1cccc(C(F)(F)F)c1C.Cc1cnc(NC(C)(C)C)nc1Nc1cccc(C(N)=O)c1C. The number of primary amides is 1. The maximum Gasteiger partial charge on any atom is 0.416 e. The van der Waals surface area contributed by atoms with Crippen molar-refractivity contribution in [2.24, 2.45) is 5.73 Å². The minimum absolute atomic E-state index is 0.0791. The van der Waals surface area contributed by atoms with Crippen LogP contribution in [0.5, 0.6) is 5.75 Å². The summed E-state index contributed by atoms with van der Waals surface area (Å²) in [6, 6.07) is 42.0. The smallest absolute Gasteiger partial charge is 0.416 e. The molecule has 14 rings (SSSR count). The summed E-state index contributed by atoms with van der Waals surface area (Å²) in [6.45, 7) is 61.9. The van der Waals surface area contributed by atoms with Crippen LogP contribution in [0, 0.1) is 83.1 Å². The van der Waals surface area contributed by atoms with Gasteiger partial charge in [-0.1, -0.05) is 42.5 Å². The number of halogens is 3. The number of aromatic amines is 1. The maximum atomic E-state index is 13.0. The van der Waals surface area contributed by atoms with Gasteiger partial charge in [-0.3, -0.25) is 4.79 Å². The van der Waals surface area contributed by atoms with Crippen LogP contribution in [-0.4, -0.2) is 130 Å². The molecule has 0 spiro atoms. The zero-order chi connectivity index (χ0) is 109. The molecule has 780 valence electrons. The number of H-pyrrole nitrogens is 1. The number of esters is 1. The topological polar surface area (TPSA) is 435 Å². The Kier molecular flexibility index (Phi) is 38.6. The van der Waals surface area contributed by atoms with Crippen molar-refractivity contribution in [3.05, 3.63) is 266 Å². The summed E-state index contributed by atoms with van der Waals surface area (Å²) >= 11 is 0. The second-order valence-corrected chi connectivity index (χ2v) is 41.8. The van der Waals surface area contributed by atoms with Crippen molar-refractivity contribution in [1.82, 2.24) is 64.8 Å². The Morgan fingerprint density at radius 2 is 0.680 bits per heavy atom. The van der Waals surface area contributed by atoms with Crippen molar-refractivity contribution in [2.45, 2.75) is 254 Å². The summed E-state index contributed by atoms with van der Waals surface area (Å²) in [5, 5.41) is 46.0. The van der Waals surface area contributed by atoms with E-state index in [9.17, 15) is 27.6 Å². The van der Waals surface area contributed by atoms with Crippen molar-refractivity contribution in [2.75, 3.05) is 88.2 Å². The van der Waals surface area contributed by atoms with Crippen LogP contribution in [-0.2, 0) is 10.9 Å². The molecule has 0 aliphatic carbocycles. The van der Waals surface area contributed by atoms with E-state index < -0.39 is 17.6 Å². The number of alkyl halides is 3. The number of carbonyl (C=O) groups is 3. The lowest BCUT2D eigenvalue weighted by Gasteiger charge is -2.21. The summed E-state index contributed by atoms with van der Waals surface area (Å²) in [6.07, 6.45) is 8.17. The monoisotopic (exact) mass is 2010 g/mol. The van der Waals surface area contributed by atoms with Gasteiger partial charge in [0.15, 0.2) is 0 Å². The lowest BCUT2D eigenvalue weighted by Crippen LogP contribution is -2.27. The number of nitrogens with one attached hydrogen (secondary N) is 15. The molecule has 0 fully saturated rings. The molecule has 0 unspecified atom stereocenters. The Morgan fingerprint density at radius 3 is 1.05 bits per heavy atom. The average Bonchev–Trinajstić information content (AvgIpc) is 1.65. The Bertz CT molecular complexity index is 6890. The van der Waals surface area contributed by atoms with Gasteiger partial charge in [0.05, 0.1) is 30.4 Å². The fraction of sp³-hybridized carbons (Fsp3) is 0.360. The van der Waals surface area contributed by atoms with Gasteiger partial charge in [0.2, 0.25) is 41.6 Å². The molecule has 0 saturated carbocycles. The van der Waals surface area contributed by atoms with Crippen molar-refractivity contribution >= 4 is 145 Å². The van der Waals surface area contributed by atoms with Gasteiger partial charge in [0, 0.05) is 173 Å². The first-order chi connectivity index (χ1) is 68.6. The summed E-state index contributed by atoms with van der Waals surface area (Å²) in [4.78, 5) is 92.2. The van der Waals surface area contributed by atoms with Crippen LogP contribution in [0.4, 0.5) is 134 Å². The molecule has 0 atom stereocenters. The van der Waals surface area contributed by atoms with Crippen molar-refractivity contribution in [3.63, 3.8) is 0 Å². The van der Waals surface area contributed by atoms with E-state index in [2.05, 4.69) is 254 Å². The molecule has 7 aromatic heterocycles. The maximum absolute atomic E-state index is 13.0. The molecule has 7 heterocycles. The quantitative estimate of drug-likeness (QED) is 0.0250. The summed E-state index contributed by atoms with van der Waals surface area (Å²) < 4.78 is 49.5. The third-order valence-electron chi connectivity index (χ3n) is 21.0. The first kappa shape index (κ1) is 115. The molecule has 0 aliphatic rings. The van der Waals surface area contributed by atoms with E-state index in [1.165, 1.54) is 18.6 Å². The molecule has 3 amide bonds. The molecular weight excluding hydrogens is 1860 g/mol. The van der Waals surface area contributed by atoms with Gasteiger partial charge in [-0.25, -0.2) is 39.5 Å². The Hall–Kier alpha value is -16.0. The summed E-state index contributed by atoms with van der Waals surface area (Å²) in [7, 11) is 1.67. The molecule has 36 heteroatoms. The zero-order valence-electron chi connectivity index (χ0n) is 90.6. The molecular formula is C111H145F3N28O5. The van der Waals surface area contributed by atoms with Gasteiger partial charge in [-0.05, 0) is 339 Å². The number of aromatic nitrogens is 13. The number of ether oxygens (including phenoxy) is 2. The highest BCUT2D eigenvalue weighted by Gasteiger charge is 2.33. The number of amides is 3. The highest BCUT2D eigenvalue weighted by atomic mass is 19.4. The fourth-order valence-electron chi connectivity index (χ4n) is 13.9. The average molecular weight is 2010 g/mol. The highest BCUT2D eigenvalue weighted by molar-refractivity contribution is 6.00. The standard InChI is InChI=1S/C23H28N6O.C19H26N4O2.C18H23N5.C17H21F3N4.C17H23N5O.C17H24N4O/c1-15-8-6-9-17(12-15)26-22(30)27-19-11-7-10-18(13-19)25-20-16(2)14-24-21(28-20)29-23(3,4)5;1-7-25-17(24)14-9-8-10-15(13(14)3)21-16-12(2)11-20-18(22-16)23-19(4,5)6;1-11-6-7-14(13-8-9-19-15(11)13)21-16-12(2)10-20-17(22-16)23-18(3,4)5;1-10-9-21-15(24-16(3,4)5)23-14(10)22-13-8-6-7-12(11(13)2)17(18,19)20;1-10-9-19-16(22-17(3,4)5)21-15(10)20-13-8-6-7-12(11(13)2)14(18)23;1-11-7-13(9-14(8-11)22-6)19-15-12(2)10-18-16(20-15)21-17(3,4)5/h6-14H,1-5H3,(H2,26,27,30)(H2,24,25,28,29);8-11H,7H2,1-6H3,(H2,20,21,22,23);6-10,19H,1-5H3,(H2,20,21,22,23);6-9H,1-5H3,(H2,21,22,23,24);6-9H,1-5H3,(H2,18,23)(H2,19,20,21,22);7-10H,1-6H3,(H2,18,19,20,21). The molecule has 0 aliphatic heterocycles. The fourth-order valence-corrected chi connectivity index (χ4v) is 13.9. The number of hydrogen-bond donors (Lipinski definition) is 16. The number of carbonyl (C=O) groups excluding carboxylic acids is 3. The third-order valence-corrected chi connectivity index (χ3v) is 21.0. The number of benzene rings is 7. The lowest BCUT2D eigenvalue weighted by atomic mass is 10.1. The first-order valence-electron chi connectivity index (χ1n) is 48.3. The van der Waals surface area contributed by atoms with Crippen LogP contribution in [0.15, 0.2) is 183 Å². The normalized spacial score (nSPS) is 11.4. The number of fused-ring (bicyclic) bond motifs is 1. The van der Waals surface area contributed by atoms with E-state index in [1.807, 2.05) is 201 Å². The molecule has 7 aromatic carbocycles. The van der Waals surface area contributed by atoms with E-state index in [4.69, 9.17) is 15.2 Å². The zero-order valence-corrected chi connectivity index (χ0v) is 90.6. The largest absolute Gasteiger partial charge is 0.497 e. The Labute approximate surface area is 862 Å². The number of methoxy groups -OCH3 is 1. The number of hydrogen-bond acceptors (Lipinski definition) is 29. The predicted octanol–water partition coefficient (Wildman–Crippen LogP) is 26.7. The summed E-state index contributed by atoms with van der Waals surface area (Å²) in [5.41, 5.74) is 23.0. The molecule has 33 nitrogen and oxygen atoms in total. The lowest BCUT2D eigenvalue weighted by molar-refractivity contribution is -0.138. The second-order valence-electron chi connectivity index (χ2n) is 41.8. The Morgan fingerprint density at radius 1 is 0.347 bits per heavy atom. The number of rotatable bonds is 24. The number of aryl methyl sites for hydroxylation is 9. The molecule has 17 N–H and O–H groups in total. The molecule has 0 saturated heterocycles. The molecule has 147 heavy (non-hydrogen) atoms. The van der Waals surface area contributed by atoms with Crippen molar-refractivity contribution in [3.8, 4) is 5.75 Å². The Balaban J connectivity index is 0.000000197. The van der Waals surface area contributed by atoms with Crippen LogP contribution < -0.4 is 84.9 Å². The number of nitrogens with zero attached hydrogens (tertiary/aromatic N) is 12. The minimum atomic E-state index is -4.39. The van der Waals surface area contributed by atoms with Crippen LogP contribution in [0.25, 0.3) is 10.9 Å². The predicted molar refractivity (Wildman–Crippen MR) is 595 cm³/mol. The molecule has 14 aromatic rings. The van der Waals surface area contributed by atoms with Gasteiger partial charge < -0.3 is 94.6 Å². The third kappa shape index (κ3) is 37.0. The van der Waals surface area contributed by atoms with Gasteiger partial charge in [0.25, 0.3) is 0 Å². The van der Waals surface area contributed by atoms with E-state index in [0.717, 1.165) is 124 Å². The molecule has 0 radical (unpaired) electrons. The first-order valence-corrected chi connectivity index (χ1v) is 48.3. The number of nitrogens with two attached hydrogens (primary N) is 1. The van der Waals surface area contributed by atoms with Crippen molar-refractivity contribution < 1.29 is 37.0 Å². The second kappa shape index (κ2) is 49.5. The number of anilines is 20. The van der Waals surface area contributed by atoms with Gasteiger partial charge in [-0.2, -0.15) is 43.1 Å². The van der Waals surface area contributed by atoms with Crippen LogP contribution in [0.3, 0.4) is 0 Å². The van der Waals surface area contributed by atoms with E-state index in [1.54, 1.807) is 70.0 Å². The minimum Gasteiger partial charge on any atom is -0.497 e. The van der Waals surface area contributed by atoms with Crippen molar-refractivity contribution in [1.29, 1.82) is 0 Å². The van der Waals surface area contributed by atoms with E-state index in [0.29, 0.717) is 88.1 Å². The molecule has 0 bridgehead atoms. The van der Waals surface area contributed by atoms with Gasteiger partial charge >= 0.3 is 18.2 Å². The van der Waals surface area contributed by atoms with Gasteiger partial charge in [-0.15, -0.1) is 0 Å². The van der Waals surface area contributed by atoms with E-state index >= 15 is 0 Å². The van der Waals surface area contributed by atoms with E-state index in [-0.39, 0.29) is 50.8 Å². The van der Waals surface area contributed by atoms with Crippen LogP contribution in [0.2, 0.25) is 0 Å². The highest BCUT2D eigenvalue weighted by Crippen LogP contribution is 2.38. The number of urea groups is 1.